The van der Waals surface area contributed by atoms with E-state index in [1.165, 1.54) is 6.42 Å². The fourth-order valence-corrected chi connectivity index (χ4v) is 4.12. The number of aliphatic hydroxyl groups is 1. The molecule has 0 radical (unpaired) electrons. The second kappa shape index (κ2) is 5.62. The van der Waals surface area contributed by atoms with E-state index in [4.69, 9.17) is 9.84 Å². The third kappa shape index (κ3) is 2.85. The van der Waals surface area contributed by atoms with Crippen LogP contribution in [0, 0.1) is 5.92 Å². The van der Waals surface area contributed by atoms with Gasteiger partial charge in [-0.25, -0.2) is 4.79 Å². The van der Waals surface area contributed by atoms with Crippen LogP contribution in [0.4, 0.5) is 0 Å². The van der Waals surface area contributed by atoms with Gasteiger partial charge in [-0.15, -0.1) is 0 Å². The van der Waals surface area contributed by atoms with Crippen LogP contribution in [0.1, 0.15) is 44.9 Å². The highest BCUT2D eigenvalue weighted by atomic mass is 16.5. The summed E-state index contributed by atoms with van der Waals surface area (Å²) in [7, 11) is 0. The molecule has 0 amide bonds. The molecule has 2 aliphatic heterocycles. The van der Waals surface area contributed by atoms with Crippen molar-refractivity contribution in [1.82, 2.24) is 4.90 Å². The molecule has 5 nitrogen and oxygen atoms in total. The van der Waals surface area contributed by atoms with E-state index in [0.29, 0.717) is 12.3 Å². The van der Waals surface area contributed by atoms with E-state index in [-0.39, 0.29) is 6.10 Å². The molecule has 2 heterocycles. The van der Waals surface area contributed by atoms with E-state index in [1.807, 2.05) is 0 Å². The van der Waals surface area contributed by atoms with Gasteiger partial charge in [0.25, 0.3) is 0 Å². The largest absolute Gasteiger partial charge is 0.479 e. The number of carbonyl (C=O) groups is 1. The molecule has 4 atom stereocenters. The van der Waals surface area contributed by atoms with Gasteiger partial charge in [-0.3, -0.25) is 0 Å². The monoisotopic (exact) mass is 283 g/mol. The second-order valence-corrected chi connectivity index (χ2v) is 6.72. The fourth-order valence-electron chi connectivity index (χ4n) is 4.12. The number of ether oxygens (including phenoxy) is 1. The molecule has 4 unspecified atom stereocenters. The SMILES string of the molecule is O=C(O)C1CCC(CN2CCC3(O)CCCCC3C2)O1. The summed E-state index contributed by atoms with van der Waals surface area (Å²) in [6.45, 7) is 2.66. The van der Waals surface area contributed by atoms with Crippen LogP contribution in [0.15, 0.2) is 0 Å². The molecule has 1 aliphatic carbocycles. The Morgan fingerprint density at radius 3 is 2.85 bits per heavy atom. The van der Waals surface area contributed by atoms with Crippen molar-refractivity contribution in [3.63, 3.8) is 0 Å². The lowest BCUT2D eigenvalue weighted by Gasteiger charge is -2.47. The number of carboxylic acids is 1. The predicted octanol–water partition coefficient (Wildman–Crippen LogP) is 1.25. The number of hydrogen-bond donors (Lipinski definition) is 2. The van der Waals surface area contributed by atoms with E-state index in [9.17, 15) is 9.90 Å². The van der Waals surface area contributed by atoms with Crippen molar-refractivity contribution in [2.24, 2.45) is 5.92 Å². The first-order valence-corrected chi connectivity index (χ1v) is 7.90. The molecule has 1 saturated carbocycles. The Bertz CT molecular complexity index is 375. The summed E-state index contributed by atoms with van der Waals surface area (Å²) >= 11 is 0. The zero-order valence-electron chi connectivity index (χ0n) is 12.0. The summed E-state index contributed by atoms with van der Waals surface area (Å²) in [5, 5.41) is 19.6. The van der Waals surface area contributed by atoms with Crippen LogP contribution in [0.2, 0.25) is 0 Å². The number of fused-ring (bicyclic) bond motifs is 1. The van der Waals surface area contributed by atoms with Gasteiger partial charge in [-0.05, 0) is 32.1 Å². The van der Waals surface area contributed by atoms with Crippen molar-refractivity contribution in [2.45, 2.75) is 62.8 Å². The highest BCUT2D eigenvalue weighted by molar-refractivity contribution is 5.72. The Hall–Kier alpha value is -0.650. The summed E-state index contributed by atoms with van der Waals surface area (Å²) in [5.41, 5.74) is -0.436. The maximum atomic E-state index is 10.9. The van der Waals surface area contributed by atoms with Crippen molar-refractivity contribution >= 4 is 5.97 Å². The summed E-state index contributed by atoms with van der Waals surface area (Å²) in [4.78, 5) is 13.3. The van der Waals surface area contributed by atoms with Gasteiger partial charge in [0.15, 0.2) is 6.10 Å². The molecule has 3 fully saturated rings. The highest BCUT2D eigenvalue weighted by Gasteiger charge is 2.43. The third-order valence-electron chi connectivity index (χ3n) is 5.36. The minimum absolute atomic E-state index is 0.0471. The van der Waals surface area contributed by atoms with Crippen molar-refractivity contribution in [1.29, 1.82) is 0 Å². The predicted molar refractivity (Wildman–Crippen MR) is 73.5 cm³/mol. The Kier molecular flexibility index (Phi) is 4.02. The third-order valence-corrected chi connectivity index (χ3v) is 5.36. The van der Waals surface area contributed by atoms with Crippen LogP contribution >= 0.6 is 0 Å². The number of likely N-dealkylation sites (tertiary alicyclic amines) is 1. The normalized spacial score (nSPS) is 42.4. The lowest BCUT2D eigenvalue weighted by atomic mass is 9.71. The molecule has 0 aromatic heterocycles. The highest BCUT2D eigenvalue weighted by Crippen LogP contribution is 2.40. The quantitative estimate of drug-likeness (QED) is 0.815. The van der Waals surface area contributed by atoms with E-state index in [0.717, 1.165) is 51.7 Å². The molecular formula is C15H25NO4. The molecule has 20 heavy (non-hydrogen) atoms. The first kappa shape index (κ1) is 14.3. The molecule has 5 heteroatoms. The number of nitrogens with zero attached hydrogens (tertiary/aromatic N) is 1. The Balaban J connectivity index is 1.51. The van der Waals surface area contributed by atoms with Crippen molar-refractivity contribution in [2.75, 3.05) is 19.6 Å². The number of carboxylic acid groups (broad SMARTS) is 1. The smallest absolute Gasteiger partial charge is 0.332 e. The van der Waals surface area contributed by atoms with Crippen molar-refractivity contribution in [3.05, 3.63) is 0 Å². The van der Waals surface area contributed by atoms with Crippen LogP contribution < -0.4 is 0 Å². The van der Waals surface area contributed by atoms with Gasteiger partial charge in [-0.2, -0.15) is 0 Å². The number of piperidine rings is 1. The van der Waals surface area contributed by atoms with Gasteiger partial charge in [0, 0.05) is 25.6 Å². The van der Waals surface area contributed by atoms with E-state index >= 15 is 0 Å². The van der Waals surface area contributed by atoms with Crippen LogP contribution in [0.5, 0.6) is 0 Å². The number of aliphatic carboxylic acids is 1. The van der Waals surface area contributed by atoms with Crippen LogP contribution in [-0.4, -0.2) is 58.5 Å². The summed E-state index contributed by atoms with van der Waals surface area (Å²) < 4.78 is 5.58. The number of rotatable bonds is 3. The van der Waals surface area contributed by atoms with E-state index in [1.54, 1.807) is 0 Å². The Morgan fingerprint density at radius 1 is 1.25 bits per heavy atom. The minimum Gasteiger partial charge on any atom is -0.479 e. The van der Waals surface area contributed by atoms with Crippen LogP contribution in [-0.2, 0) is 9.53 Å². The maximum Gasteiger partial charge on any atom is 0.332 e. The van der Waals surface area contributed by atoms with Gasteiger partial charge >= 0.3 is 5.97 Å². The Morgan fingerprint density at radius 2 is 2.10 bits per heavy atom. The standard InChI is InChI=1S/C15H25NO4/c17-14(18)13-5-4-12(20-13)10-16-8-7-15(19)6-2-1-3-11(15)9-16/h11-13,19H,1-10H2,(H,17,18). The summed E-state index contributed by atoms with van der Waals surface area (Å²) in [5.74, 6) is -0.450. The van der Waals surface area contributed by atoms with Gasteiger partial charge in [0.1, 0.15) is 0 Å². The lowest BCUT2D eigenvalue weighted by Crippen LogP contribution is -2.54. The molecule has 114 valence electrons. The zero-order valence-corrected chi connectivity index (χ0v) is 12.0. The molecule has 0 aromatic carbocycles. The summed E-state index contributed by atoms with van der Waals surface area (Å²) in [6.07, 6.45) is 6.20. The van der Waals surface area contributed by atoms with Crippen LogP contribution in [0.25, 0.3) is 0 Å². The zero-order chi connectivity index (χ0) is 14.2. The Labute approximate surface area is 119 Å². The lowest BCUT2D eigenvalue weighted by molar-refractivity contribution is -0.150. The van der Waals surface area contributed by atoms with Crippen molar-refractivity contribution in [3.8, 4) is 0 Å². The molecule has 3 rings (SSSR count). The summed E-state index contributed by atoms with van der Waals surface area (Å²) in [6, 6.07) is 0. The molecular weight excluding hydrogens is 258 g/mol. The van der Waals surface area contributed by atoms with E-state index in [2.05, 4.69) is 4.90 Å². The first-order chi connectivity index (χ1) is 9.57. The van der Waals surface area contributed by atoms with E-state index < -0.39 is 17.7 Å². The number of hydrogen-bond acceptors (Lipinski definition) is 4. The first-order valence-electron chi connectivity index (χ1n) is 7.90. The molecule has 2 N–H and O–H groups in total. The second-order valence-electron chi connectivity index (χ2n) is 6.72. The molecule has 0 aromatic rings. The molecule has 3 aliphatic rings. The van der Waals surface area contributed by atoms with Gasteiger partial charge in [0.05, 0.1) is 11.7 Å². The average Bonchev–Trinajstić information content (AvgIpc) is 2.88. The fraction of sp³-hybridized carbons (Fsp3) is 0.933. The van der Waals surface area contributed by atoms with Gasteiger partial charge in [0.2, 0.25) is 0 Å². The topological polar surface area (TPSA) is 70.0 Å². The van der Waals surface area contributed by atoms with Gasteiger partial charge in [-0.1, -0.05) is 12.8 Å². The maximum absolute atomic E-state index is 10.9. The molecule has 0 spiro atoms. The van der Waals surface area contributed by atoms with Gasteiger partial charge < -0.3 is 19.8 Å². The molecule has 2 saturated heterocycles. The minimum atomic E-state index is -0.840. The van der Waals surface area contributed by atoms with Crippen molar-refractivity contribution < 1.29 is 19.7 Å². The van der Waals surface area contributed by atoms with Crippen LogP contribution in [0.3, 0.4) is 0 Å². The average molecular weight is 283 g/mol. The molecule has 0 bridgehead atoms.